The Balaban J connectivity index is 1.76. The summed E-state index contributed by atoms with van der Waals surface area (Å²) < 4.78 is 0. The van der Waals surface area contributed by atoms with E-state index in [1.165, 1.54) is 17.6 Å². The summed E-state index contributed by atoms with van der Waals surface area (Å²) in [5.41, 5.74) is 3.42. The Bertz CT molecular complexity index is 802. The Morgan fingerprint density at radius 1 is 1.29 bits per heavy atom. The number of hydrogen-bond donors (Lipinski definition) is 1. The Morgan fingerprint density at radius 2 is 2.14 bits per heavy atom. The molecule has 0 spiro atoms. The van der Waals surface area contributed by atoms with Crippen LogP contribution in [0.4, 0.5) is 0 Å². The molecule has 3 heterocycles. The summed E-state index contributed by atoms with van der Waals surface area (Å²) in [6.07, 6.45) is 4.04. The van der Waals surface area contributed by atoms with Gasteiger partial charge in [0.25, 0.3) is 0 Å². The molecule has 0 atom stereocenters. The van der Waals surface area contributed by atoms with Crippen molar-refractivity contribution < 1.29 is 0 Å². The molecule has 7 nitrogen and oxygen atoms in total. The number of nitrogens with zero attached hydrogens (tertiary/aromatic N) is 6. The van der Waals surface area contributed by atoms with E-state index in [-0.39, 0.29) is 0 Å². The van der Waals surface area contributed by atoms with Crippen LogP contribution in [0.3, 0.4) is 0 Å². The van der Waals surface area contributed by atoms with Gasteiger partial charge in [0.2, 0.25) is 5.82 Å². The highest BCUT2D eigenvalue weighted by Gasteiger charge is 2.26. The van der Waals surface area contributed by atoms with Crippen molar-refractivity contribution in [1.82, 2.24) is 35.4 Å². The zero-order valence-corrected chi connectivity index (χ0v) is 12.0. The minimum absolute atomic E-state index is 0.466. The van der Waals surface area contributed by atoms with Gasteiger partial charge < -0.3 is 0 Å². The van der Waals surface area contributed by atoms with E-state index in [1.54, 1.807) is 13.2 Å². The first-order chi connectivity index (χ1) is 10.2. The summed E-state index contributed by atoms with van der Waals surface area (Å²) in [7, 11) is 1.71. The van der Waals surface area contributed by atoms with Crippen LogP contribution in [0.1, 0.15) is 24.5 Å². The quantitative estimate of drug-likeness (QED) is 0.801. The molecule has 1 fully saturated rings. The second-order valence-electron chi connectivity index (χ2n) is 5.13. The van der Waals surface area contributed by atoms with Gasteiger partial charge in [-0.25, -0.2) is 0 Å². The molecule has 1 saturated carbocycles. The number of pyridine rings is 1. The number of nitrogens with one attached hydrogen (secondary N) is 1. The van der Waals surface area contributed by atoms with E-state index in [0.29, 0.717) is 22.5 Å². The van der Waals surface area contributed by atoms with E-state index in [9.17, 15) is 0 Å². The standard InChI is InChI=1S/C13H12ClN7/c1-21-19-13(18-20-21)12-4-8(9(14)6-15-12)11-5-10(16-17-11)7-2-3-7/h4-7H,2-3H2,1H3,(H,16,17). The summed E-state index contributed by atoms with van der Waals surface area (Å²) in [6, 6.07) is 3.89. The van der Waals surface area contributed by atoms with Gasteiger partial charge >= 0.3 is 0 Å². The minimum Gasteiger partial charge on any atom is -0.282 e. The van der Waals surface area contributed by atoms with Gasteiger partial charge in [-0.15, -0.1) is 10.2 Å². The molecule has 0 radical (unpaired) electrons. The number of hydrogen-bond acceptors (Lipinski definition) is 5. The van der Waals surface area contributed by atoms with Crippen molar-refractivity contribution in [2.45, 2.75) is 18.8 Å². The van der Waals surface area contributed by atoms with E-state index in [0.717, 1.165) is 17.0 Å². The maximum absolute atomic E-state index is 6.25. The van der Waals surface area contributed by atoms with Crippen molar-refractivity contribution in [3.63, 3.8) is 0 Å². The minimum atomic E-state index is 0.466. The summed E-state index contributed by atoms with van der Waals surface area (Å²) in [6.45, 7) is 0. The fourth-order valence-corrected chi connectivity index (χ4v) is 2.42. The molecular formula is C13H12ClN7. The summed E-state index contributed by atoms with van der Waals surface area (Å²) >= 11 is 6.25. The smallest absolute Gasteiger partial charge is 0.223 e. The molecule has 3 aromatic heterocycles. The molecule has 1 N–H and O–H groups in total. The van der Waals surface area contributed by atoms with Crippen LogP contribution in [-0.2, 0) is 7.05 Å². The molecule has 0 bridgehead atoms. The third-order valence-corrected chi connectivity index (χ3v) is 3.78. The lowest BCUT2D eigenvalue weighted by molar-refractivity contribution is 0.630. The highest BCUT2D eigenvalue weighted by atomic mass is 35.5. The van der Waals surface area contributed by atoms with Crippen LogP contribution in [0.5, 0.6) is 0 Å². The molecule has 0 amide bonds. The van der Waals surface area contributed by atoms with Crippen molar-refractivity contribution >= 4 is 11.6 Å². The van der Waals surface area contributed by atoms with Gasteiger partial charge in [-0.1, -0.05) is 11.6 Å². The first kappa shape index (κ1) is 12.5. The number of aromatic nitrogens is 7. The molecular weight excluding hydrogens is 290 g/mol. The van der Waals surface area contributed by atoms with Crippen LogP contribution in [0.15, 0.2) is 18.3 Å². The second-order valence-corrected chi connectivity index (χ2v) is 5.54. The van der Waals surface area contributed by atoms with Gasteiger partial charge in [-0.05, 0) is 30.2 Å². The van der Waals surface area contributed by atoms with Gasteiger partial charge in [-0.2, -0.15) is 9.90 Å². The van der Waals surface area contributed by atoms with Crippen LogP contribution in [0.25, 0.3) is 22.8 Å². The van der Waals surface area contributed by atoms with Crippen LogP contribution in [-0.4, -0.2) is 35.4 Å². The number of aromatic amines is 1. The first-order valence-electron chi connectivity index (χ1n) is 6.66. The normalized spacial score (nSPS) is 14.6. The molecule has 106 valence electrons. The third kappa shape index (κ3) is 2.29. The largest absolute Gasteiger partial charge is 0.282 e. The van der Waals surface area contributed by atoms with E-state index in [1.807, 2.05) is 12.1 Å². The predicted molar refractivity (Wildman–Crippen MR) is 76.6 cm³/mol. The molecule has 0 aliphatic heterocycles. The number of rotatable bonds is 3. The highest BCUT2D eigenvalue weighted by Crippen LogP contribution is 2.40. The van der Waals surface area contributed by atoms with Crippen LogP contribution in [0.2, 0.25) is 5.02 Å². The Hall–Kier alpha value is -2.28. The number of tetrazole rings is 1. The van der Waals surface area contributed by atoms with Gasteiger partial charge in [-0.3, -0.25) is 10.1 Å². The third-order valence-electron chi connectivity index (χ3n) is 3.48. The van der Waals surface area contributed by atoms with Crippen molar-refractivity contribution in [1.29, 1.82) is 0 Å². The monoisotopic (exact) mass is 301 g/mol. The van der Waals surface area contributed by atoms with Gasteiger partial charge in [0.15, 0.2) is 0 Å². The van der Waals surface area contributed by atoms with Crippen molar-refractivity contribution in [3.05, 3.63) is 29.0 Å². The van der Waals surface area contributed by atoms with E-state index >= 15 is 0 Å². The second kappa shape index (κ2) is 4.63. The zero-order chi connectivity index (χ0) is 14.4. The van der Waals surface area contributed by atoms with Gasteiger partial charge in [0.1, 0.15) is 5.69 Å². The maximum atomic E-state index is 6.25. The molecule has 21 heavy (non-hydrogen) atoms. The zero-order valence-electron chi connectivity index (χ0n) is 11.3. The molecule has 3 aromatic rings. The molecule has 8 heteroatoms. The summed E-state index contributed by atoms with van der Waals surface area (Å²) in [5.74, 6) is 1.08. The number of H-pyrrole nitrogens is 1. The molecule has 0 unspecified atom stereocenters. The molecule has 0 aromatic carbocycles. The van der Waals surface area contributed by atoms with Gasteiger partial charge in [0.05, 0.1) is 17.8 Å². The molecule has 1 aliphatic carbocycles. The lowest BCUT2D eigenvalue weighted by Gasteiger charge is -2.01. The van der Waals surface area contributed by atoms with Gasteiger partial charge in [0, 0.05) is 23.4 Å². The Kier molecular flexibility index (Phi) is 2.75. The molecule has 1 aliphatic rings. The maximum Gasteiger partial charge on any atom is 0.223 e. The fourth-order valence-electron chi connectivity index (χ4n) is 2.22. The summed E-state index contributed by atoms with van der Waals surface area (Å²) in [4.78, 5) is 5.65. The average molecular weight is 302 g/mol. The fraction of sp³-hybridized carbons (Fsp3) is 0.308. The summed E-state index contributed by atoms with van der Waals surface area (Å²) in [5, 5.41) is 19.9. The van der Waals surface area contributed by atoms with Crippen molar-refractivity contribution in [2.75, 3.05) is 0 Å². The average Bonchev–Trinajstić information content (AvgIpc) is 3.05. The van der Waals surface area contributed by atoms with Crippen molar-refractivity contribution in [2.24, 2.45) is 7.05 Å². The van der Waals surface area contributed by atoms with E-state index in [2.05, 4.69) is 30.6 Å². The Morgan fingerprint density at radius 3 is 2.86 bits per heavy atom. The van der Waals surface area contributed by atoms with E-state index in [4.69, 9.17) is 11.6 Å². The first-order valence-corrected chi connectivity index (χ1v) is 7.04. The number of aryl methyl sites for hydroxylation is 1. The van der Waals surface area contributed by atoms with Crippen molar-refractivity contribution in [3.8, 4) is 22.8 Å². The van der Waals surface area contributed by atoms with E-state index < -0.39 is 0 Å². The van der Waals surface area contributed by atoms with Crippen LogP contribution in [0, 0.1) is 0 Å². The predicted octanol–water partition coefficient (Wildman–Crippen LogP) is 2.19. The number of halogens is 1. The van der Waals surface area contributed by atoms with Crippen LogP contribution < -0.4 is 0 Å². The Labute approximate surface area is 125 Å². The highest BCUT2D eigenvalue weighted by molar-refractivity contribution is 6.33. The molecule has 4 rings (SSSR count). The topological polar surface area (TPSA) is 85.2 Å². The SMILES string of the molecule is Cn1nnc(-c2cc(-c3cc(C4CC4)[nH]n3)c(Cl)cn2)n1. The van der Waals surface area contributed by atoms with Crippen LogP contribution >= 0.6 is 11.6 Å². The molecule has 0 saturated heterocycles. The lowest BCUT2D eigenvalue weighted by atomic mass is 10.1. The lowest BCUT2D eigenvalue weighted by Crippen LogP contribution is -1.93.